The quantitative estimate of drug-likeness (QED) is 0.836. The van der Waals surface area contributed by atoms with Gasteiger partial charge in [0, 0.05) is 24.9 Å². The number of likely N-dealkylation sites (tertiary alicyclic amines) is 1. The van der Waals surface area contributed by atoms with Gasteiger partial charge in [-0.1, -0.05) is 12.8 Å². The van der Waals surface area contributed by atoms with Crippen molar-refractivity contribution in [3.63, 3.8) is 0 Å². The number of piperidine rings is 1. The third-order valence-corrected chi connectivity index (χ3v) is 5.33. The molecule has 1 saturated heterocycles. The number of rotatable bonds is 2. The second-order valence-corrected chi connectivity index (χ2v) is 6.98. The van der Waals surface area contributed by atoms with Crippen LogP contribution in [0, 0.1) is 12.8 Å². The van der Waals surface area contributed by atoms with E-state index in [0.29, 0.717) is 17.7 Å². The molecule has 1 amide bonds. The summed E-state index contributed by atoms with van der Waals surface area (Å²) in [4.78, 5) is 14.6. The Kier molecular flexibility index (Phi) is 3.82. The van der Waals surface area contributed by atoms with Crippen molar-refractivity contribution in [3.05, 3.63) is 10.0 Å². The molecule has 2 fully saturated rings. The predicted octanol–water partition coefficient (Wildman–Crippen LogP) is 2.74. The van der Waals surface area contributed by atoms with Crippen molar-refractivity contribution < 1.29 is 4.79 Å². The van der Waals surface area contributed by atoms with Gasteiger partial charge in [-0.05, 0) is 32.6 Å². The molecule has 2 aliphatic rings. The van der Waals surface area contributed by atoms with E-state index in [4.69, 9.17) is 0 Å². The molecule has 1 unspecified atom stereocenters. The monoisotopic (exact) mass is 279 g/mol. The zero-order valence-corrected chi connectivity index (χ0v) is 12.3. The molecule has 1 aromatic heterocycles. The Balaban J connectivity index is 1.65. The lowest BCUT2D eigenvalue weighted by Crippen LogP contribution is -2.41. The Morgan fingerprint density at radius 3 is 2.68 bits per heavy atom. The Bertz CT molecular complexity index is 453. The minimum atomic E-state index is 0.301. The molecule has 0 bridgehead atoms. The summed E-state index contributed by atoms with van der Waals surface area (Å²) >= 11 is 1.68. The average molecular weight is 279 g/mol. The van der Waals surface area contributed by atoms with Crippen molar-refractivity contribution in [3.8, 4) is 0 Å². The van der Waals surface area contributed by atoms with Gasteiger partial charge in [0.25, 0.3) is 0 Å². The second-order valence-electron chi connectivity index (χ2n) is 5.76. The molecule has 0 radical (unpaired) electrons. The van der Waals surface area contributed by atoms with Gasteiger partial charge >= 0.3 is 0 Å². The Hall–Kier alpha value is -0.970. The van der Waals surface area contributed by atoms with Gasteiger partial charge in [0.15, 0.2) is 0 Å². The topological polar surface area (TPSA) is 46.1 Å². The van der Waals surface area contributed by atoms with E-state index in [9.17, 15) is 4.79 Å². The average Bonchev–Trinajstić information content (AvgIpc) is 3.09. The Morgan fingerprint density at radius 1 is 1.21 bits per heavy atom. The highest BCUT2D eigenvalue weighted by Crippen LogP contribution is 2.32. The summed E-state index contributed by atoms with van der Waals surface area (Å²) in [5, 5.41) is 10.5. The summed E-state index contributed by atoms with van der Waals surface area (Å²) in [6.07, 6.45) is 6.88. The molecule has 1 saturated carbocycles. The largest absolute Gasteiger partial charge is 0.342 e. The number of aromatic nitrogens is 2. The van der Waals surface area contributed by atoms with E-state index < -0.39 is 0 Å². The zero-order valence-electron chi connectivity index (χ0n) is 11.5. The first-order chi connectivity index (χ1) is 9.24. The van der Waals surface area contributed by atoms with Crippen LogP contribution in [0.3, 0.4) is 0 Å². The van der Waals surface area contributed by atoms with Crippen LogP contribution in [0.25, 0.3) is 0 Å². The molecule has 2 heterocycles. The number of nitrogens with zero attached hydrogens (tertiary/aromatic N) is 3. The van der Waals surface area contributed by atoms with E-state index in [0.717, 1.165) is 48.8 Å². The zero-order chi connectivity index (χ0) is 13.2. The lowest BCUT2D eigenvalue weighted by Gasteiger charge is -2.33. The van der Waals surface area contributed by atoms with Crippen molar-refractivity contribution in [2.45, 2.75) is 51.4 Å². The molecule has 1 aromatic rings. The highest BCUT2D eigenvalue weighted by molar-refractivity contribution is 7.11. The fraction of sp³-hybridized carbons (Fsp3) is 0.786. The number of carbonyl (C=O) groups is 1. The molecular formula is C14H21N3OS. The Morgan fingerprint density at radius 2 is 2.00 bits per heavy atom. The maximum absolute atomic E-state index is 12.5. The number of hydrogen-bond acceptors (Lipinski definition) is 4. The van der Waals surface area contributed by atoms with Gasteiger partial charge in [-0.3, -0.25) is 4.79 Å². The van der Waals surface area contributed by atoms with Crippen LogP contribution in [0.15, 0.2) is 0 Å². The lowest BCUT2D eigenvalue weighted by atomic mass is 9.96. The second kappa shape index (κ2) is 5.57. The fourth-order valence-corrected chi connectivity index (χ4v) is 4.11. The summed E-state index contributed by atoms with van der Waals surface area (Å²) in [5.74, 6) is 1.10. The minimum Gasteiger partial charge on any atom is -0.342 e. The molecule has 0 spiro atoms. The van der Waals surface area contributed by atoms with Crippen molar-refractivity contribution in [2.75, 3.05) is 13.1 Å². The first-order valence-corrected chi connectivity index (χ1v) is 8.14. The SMILES string of the molecule is Cc1nnc(C2CCCN(C(=O)C3CCCC3)C2)s1. The summed E-state index contributed by atoms with van der Waals surface area (Å²) in [6, 6.07) is 0. The van der Waals surface area contributed by atoms with E-state index in [1.165, 1.54) is 12.8 Å². The van der Waals surface area contributed by atoms with Crippen LogP contribution < -0.4 is 0 Å². The van der Waals surface area contributed by atoms with Crippen molar-refractivity contribution in [1.29, 1.82) is 0 Å². The minimum absolute atomic E-state index is 0.301. The van der Waals surface area contributed by atoms with Crippen LogP contribution in [0.2, 0.25) is 0 Å². The molecule has 5 heteroatoms. The van der Waals surface area contributed by atoms with Crippen LogP contribution >= 0.6 is 11.3 Å². The van der Waals surface area contributed by atoms with Crippen LogP contribution in [0.5, 0.6) is 0 Å². The first kappa shape index (κ1) is 13.0. The molecule has 104 valence electrons. The van der Waals surface area contributed by atoms with Gasteiger partial charge in [0.1, 0.15) is 10.0 Å². The van der Waals surface area contributed by atoms with Gasteiger partial charge in [-0.2, -0.15) is 0 Å². The molecule has 0 N–H and O–H groups in total. The number of aryl methyl sites for hydroxylation is 1. The van der Waals surface area contributed by atoms with E-state index in [1.807, 2.05) is 6.92 Å². The number of carbonyl (C=O) groups excluding carboxylic acids is 1. The molecule has 19 heavy (non-hydrogen) atoms. The summed E-state index contributed by atoms with van der Waals surface area (Å²) in [7, 11) is 0. The molecule has 3 rings (SSSR count). The van der Waals surface area contributed by atoms with E-state index >= 15 is 0 Å². The van der Waals surface area contributed by atoms with Gasteiger partial charge in [-0.15, -0.1) is 21.5 Å². The highest BCUT2D eigenvalue weighted by Gasteiger charge is 2.31. The third-order valence-electron chi connectivity index (χ3n) is 4.33. The molecule has 1 atom stereocenters. The summed E-state index contributed by atoms with van der Waals surface area (Å²) < 4.78 is 0. The molecule has 1 aliphatic heterocycles. The van der Waals surface area contributed by atoms with Gasteiger partial charge < -0.3 is 4.90 Å². The summed E-state index contributed by atoms with van der Waals surface area (Å²) in [6.45, 7) is 3.78. The van der Waals surface area contributed by atoms with Gasteiger partial charge in [0.05, 0.1) is 0 Å². The molecule has 0 aromatic carbocycles. The van der Waals surface area contributed by atoms with Gasteiger partial charge in [-0.25, -0.2) is 0 Å². The Labute approximate surface area is 118 Å². The van der Waals surface area contributed by atoms with Crippen LogP contribution in [-0.4, -0.2) is 34.1 Å². The third kappa shape index (κ3) is 2.81. The number of hydrogen-bond donors (Lipinski definition) is 0. The molecular weight excluding hydrogens is 258 g/mol. The lowest BCUT2D eigenvalue weighted by molar-refractivity contribution is -0.136. The van der Waals surface area contributed by atoms with E-state index in [2.05, 4.69) is 15.1 Å². The van der Waals surface area contributed by atoms with E-state index in [-0.39, 0.29) is 0 Å². The first-order valence-electron chi connectivity index (χ1n) is 7.33. The van der Waals surface area contributed by atoms with Crippen molar-refractivity contribution in [1.82, 2.24) is 15.1 Å². The molecule has 4 nitrogen and oxygen atoms in total. The predicted molar refractivity (Wildman–Crippen MR) is 75.2 cm³/mol. The van der Waals surface area contributed by atoms with Crippen LogP contribution in [0.1, 0.15) is 54.5 Å². The smallest absolute Gasteiger partial charge is 0.225 e. The van der Waals surface area contributed by atoms with Crippen molar-refractivity contribution in [2.24, 2.45) is 5.92 Å². The van der Waals surface area contributed by atoms with Gasteiger partial charge in [0.2, 0.25) is 5.91 Å². The fourth-order valence-electron chi connectivity index (χ4n) is 3.29. The van der Waals surface area contributed by atoms with E-state index in [1.54, 1.807) is 11.3 Å². The highest BCUT2D eigenvalue weighted by atomic mass is 32.1. The normalized spacial score (nSPS) is 24.9. The van der Waals surface area contributed by atoms with Crippen LogP contribution in [-0.2, 0) is 4.79 Å². The molecule has 1 aliphatic carbocycles. The standard InChI is InChI=1S/C14H21N3OS/c1-10-15-16-13(19-10)12-7-4-8-17(9-12)14(18)11-5-2-3-6-11/h11-12H,2-9H2,1H3. The van der Waals surface area contributed by atoms with Crippen LogP contribution in [0.4, 0.5) is 0 Å². The maximum Gasteiger partial charge on any atom is 0.225 e. The summed E-state index contributed by atoms with van der Waals surface area (Å²) in [5.41, 5.74) is 0. The number of amides is 1. The maximum atomic E-state index is 12.5. The van der Waals surface area contributed by atoms with Crippen molar-refractivity contribution >= 4 is 17.2 Å².